The quantitative estimate of drug-likeness (QED) is 0.769. The molecule has 1 saturated heterocycles. The van der Waals surface area contributed by atoms with Crippen molar-refractivity contribution < 1.29 is 4.79 Å². The summed E-state index contributed by atoms with van der Waals surface area (Å²) in [5.41, 5.74) is 1.04. The van der Waals surface area contributed by atoms with Crippen molar-refractivity contribution in [1.29, 1.82) is 0 Å². The van der Waals surface area contributed by atoms with Crippen molar-refractivity contribution in [3.05, 3.63) is 30.3 Å². The lowest BCUT2D eigenvalue weighted by Crippen LogP contribution is -2.50. The Bertz CT molecular complexity index is 758. The van der Waals surface area contributed by atoms with Crippen LogP contribution in [0.15, 0.2) is 35.5 Å². The summed E-state index contributed by atoms with van der Waals surface area (Å²) in [4.78, 5) is 15.0. The molecule has 0 unspecified atom stereocenters. The summed E-state index contributed by atoms with van der Waals surface area (Å²) in [7, 11) is 1.97. The first-order chi connectivity index (χ1) is 12.7. The fourth-order valence-electron chi connectivity index (χ4n) is 4.42. The molecule has 1 saturated carbocycles. The van der Waals surface area contributed by atoms with E-state index in [1.807, 2.05) is 41.9 Å². The average Bonchev–Trinajstić information content (AvgIpc) is 3.07. The summed E-state index contributed by atoms with van der Waals surface area (Å²) in [6, 6.07) is 10.5. The largest absolute Gasteiger partial charge is 0.339 e. The fraction of sp³-hybridized carbons (Fsp3) is 0.550. The number of hydrogen-bond donors (Lipinski definition) is 0. The van der Waals surface area contributed by atoms with Gasteiger partial charge in [-0.25, -0.2) is 0 Å². The van der Waals surface area contributed by atoms with E-state index in [-0.39, 0.29) is 5.91 Å². The Morgan fingerprint density at radius 3 is 2.73 bits per heavy atom. The summed E-state index contributed by atoms with van der Waals surface area (Å²) in [5.74, 6) is 2.27. The highest BCUT2D eigenvalue weighted by Crippen LogP contribution is 2.35. The van der Waals surface area contributed by atoms with Crippen molar-refractivity contribution in [1.82, 2.24) is 19.7 Å². The second-order valence-corrected chi connectivity index (χ2v) is 8.30. The third kappa shape index (κ3) is 3.52. The first kappa shape index (κ1) is 17.6. The predicted octanol–water partition coefficient (Wildman–Crippen LogP) is 3.76. The van der Waals surface area contributed by atoms with Gasteiger partial charge in [0, 0.05) is 25.2 Å². The lowest BCUT2D eigenvalue weighted by Gasteiger charge is -2.44. The molecule has 0 radical (unpaired) electrons. The van der Waals surface area contributed by atoms with E-state index in [2.05, 4.69) is 15.1 Å². The minimum absolute atomic E-state index is 0.260. The summed E-state index contributed by atoms with van der Waals surface area (Å²) in [6.45, 7) is 0.925. The third-order valence-electron chi connectivity index (χ3n) is 5.76. The predicted molar refractivity (Wildman–Crippen MR) is 104 cm³/mol. The summed E-state index contributed by atoms with van der Waals surface area (Å²) < 4.78 is 1.98. The number of aromatic nitrogens is 3. The van der Waals surface area contributed by atoms with Crippen molar-refractivity contribution in [3.63, 3.8) is 0 Å². The monoisotopic (exact) mass is 370 g/mol. The molecule has 1 aromatic heterocycles. The molecule has 138 valence electrons. The van der Waals surface area contributed by atoms with Gasteiger partial charge in [-0.15, -0.1) is 10.2 Å². The zero-order valence-electron chi connectivity index (χ0n) is 15.3. The van der Waals surface area contributed by atoms with Gasteiger partial charge in [0.15, 0.2) is 11.0 Å². The standard InChI is InChI=1S/C20H26N4OS/c1-23-19(16-9-3-2-4-10-16)21-22-20(23)26-14-18(25)24-13-7-11-15-8-5-6-12-17(15)24/h2-4,9-10,15,17H,5-8,11-14H2,1H3/t15-,17-/m0/s1. The van der Waals surface area contributed by atoms with E-state index in [0.29, 0.717) is 11.8 Å². The maximum atomic E-state index is 12.9. The Kier molecular flexibility index (Phi) is 5.29. The van der Waals surface area contributed by atoms with E-state index in [1.54, 1.807) is 0 Å². The lowest BCUT2D eigenvalue weighted by molar-refractivity contribution is -0.134. The van der Waals surface area contributed by atoms with E-state index in [1.165, 1.54) is 43.9 Å². The zero-order valence-corrected chi connectivity index (χ0v) is 16.1. The molecule has 2 aliphatic rings. The summed E-state index contributed by atoms with van der Waals surface area (Å²) in [5, 5.41) is 9.41. The molecular weight excluding hydrogens is 344 g/mol. The minimum Gasteiger partial charge on any atom is -0.339 e. The number of benzene rings is 1. The van der Waals surface area contributed by atoms with Crippen LogP contribution >= 0.6 is 11.8 Å². The van der Waals surface area contributed by atoms with Crippen LogP contribution in [-0.4, -0.2) is 43.9 Å². The molecular formula is C20H26N4OS. The second-order valence-electron chi connectivity index (χ2n) is 7.36. The maximum Gasteiger partial charge on any atom is 0.233 e. The van der Waals surface area contributed by atoms with Crippen molar-refractivity contribution in [2.75, 3.05) is 12.3 Å². The molecule has 0 spiro atoms. The summed E-state index contributed by atoms with van der Waals surface area (Å²) >= 11 is 1.50. The van der Waals surface area contributed by atoms with Crippen LogP contribution in [0.5, 0.6) is 0 Å². The number of fused-ring (bicyclic) bond motifs is 1. The van der Waals surface area contributed by atoms with Crippen LogP contribution in [0.4, 0.5) is 0 Å². The molecule has 26 heavy (non-hydrogen) atoms. The Morgan fingerprint density at radius 1 is 1.12 bits per heavy atom. The van der Waals surface area contributed by atoms with Crippen LogP contribution in [0.3, 0.4) is 0 Å². The number of nitrogens with zero attached hydrogens (tertiary/aromatic N) is 4. The Balaban J connectivity index is 1.41. The first-order valence-electron chi connectivity index (χ1n) is 9.61. The molecule has 1 amide bonds. The smallest absolute Gasteiger partial charge is 0.233 e. The molecule has 1 aliphatic carbocycles. The van der Waals surface area contributed by atoms with Crippen LogP contribution in [0, 0.1) is 5.92 Å². The molecule has 2 fully saturated rings. The topological polar surface area (TPSA) is 51.0 Å². The van der Waals surface area contributed by atoms with Crippen molar-refractivity contribution in [2.24, 2.45) is 13.0 Å². The van der Waals surface area contributed by atoms with Gasteiger partial charge in [0.25, 0.3) is 0 Å². The number of thioether (sulfide) groups is 1. The van der Waals surface area contributed by atoms with Gasteiger partial charge < -0.3 is 9.47 Å². The highest BCUT2D eigenvalue weighted by Gasteiger charge is 2.35. The van der Waals surface area contributed by atoms with Gasteiger partial charge in [-0.3, -0.25) is 4.79 Å². The number of piperidine rings is 1. The molecule has 6 heteroatoms. The Morgan fingerprint density at radius 2 is 1.88 bits per heavy atom. The number of carbonyl (C=O) groups is 1. The van der Waals surface area contributed by atoms with Crippen LogP contribution in [0.25, 0.3) is 11.4 Å². The highest BCUT2D eigenvalue weighted by atomic mass is 32.2. The Hall–Kier alpha value is -1.82. The normalized spacial score (nSPS) is 22.9. The minimum atomic E-state index is 0.260. The van der Waals surface area contributed by atoms with Crippen molar-refractivity contribution >= 4 is 17.7 Å². The second kappa shape index (κ2) is 7.82. The van der Waals surface area contributed by atoms with E-state index >= 15 is 0 Å². The molecule has 5 nitrogen and oxygen atoms in total. The number of carbonyl (C=O) groups excluding carboxylic acids is 1. The van der Waals surface area contributed by atoms with Crippen LogP contribution < -0.4 is 0 Å². The first-order valence-corrected chi connectivity index (χ1v) is 10.6. The van der Waals surface area contributed by atoms with Crippen molar-refractivity contribution in [3.8, 4) is 11.4 Å². The van der Waals surface area contributed by atoms with Crippen molar-refractivity contribution in [2.45, 2.75) is 49.7 Å². The molecule has 0 bridgehead atoms. The maximum absolute atomic E-state index is 12.9. The molecule has 4 rings (SSSR count). The summed E-state index contributed by atoms with van der Waals surface area (Å²) in [6.07, 6.45) is 7.53. The molecule has 0 N–H and O–H groups in total. The van der Waals surface area contributed by atoms with Crippen LogP contribution in [0.2, 0.25) is 0 Å². The highest BCUT2D eigenvalue weighted by molar-refractivity contribution is 7.99. The van der Waals surface area contributed by atoms with E-state index in [4.69, 9.17) is 0 Å². The van der Waals surface area contributed by atoms with Crippen LogP contribution in [-0.2, 0) is 11.8 Å². The van der Waals surface area contributed by atoms with Crippen LogP contribution in [0.1, 0.15) is 38.5 Å². The number of likely N-dealkylation sites (tertiary alicyclic amines) is 1. The van der Waals surface area contributed by atoms with E-state index < -0.39 is 0 Å². The Labute approximate surface area is 159 Å². The average molecular weight is 371 g/mol. The number of hydrogen-bond acceptors (Lipinski definition) is 4. The van der Waals surface area contributed by atoms with Gasteiger partial charge in [-0.05, 0) is 31.6 Å². The molecule has 1 aliphatic heterocycles. The van der Waals surface area contributed by atoms with Gasteiger partial charge in [-0.2, -0.15) is 0 Å². The van der Waals surface area contributed by atoms with Gasteiger partial charge in [0.2, 0.25) is 5.91 Å². The zero-order chi connectivity index (χ0) is 17.9. The number of rotatable bonds is 4. The van der Waals surface area contributed by atoms with Gasteiger partial charge in [0.05, 0.1) is 5.75 Å². The van der Waals surface area contributed by atoms with E-state index in [0.717, 1.165) is 35.4 Å². The molecule has 2 heterocycles. The van der Waals surface area contributed by atoms with Gasteiger partial charge in [-0.1, -0.05) is 54.9 Å². The molecule has 1 aromatic carbocycles. The number of amides is 1. The lowest BCUT2D eigenvalue weighted by atomic mass is 9.78. The third-order valence-corrected chi connectivity index (χ3v) is 6.76. The fourth-order valence-corrected chi connectivity index (χ4v) is 5.22. The molecule has 2 aromatic rings. The van der Waals surface area contributed by atoms with E-state index in [9.17, 15) is 4.79 Å². The van der Waals surface area contributed by atoms with Gasteiger partial charge >= 0.3 is 0 Å². The van der Waals surface area contributed by atoms with Gasteiger partial charge in [0.1, 0.15) is 0 Å². The SMILES string of the molecule is Cn1c(SCC(=O)N2CCC[C@@H]3CCCC[C@@H]32)nnc1-c1ccccc1. The molecule has 2 atom stereocenters.